The van der Waals surface area contributed by atoms with E-state index in [-0.39, 0.29) is 17.7 Å². The van der Waals surface area contributed by atoms with Crippen molar-refractivity contribution in [3.8, 4) is 0 Å². The molecule has 3 N–H and O–H groups in total. The highest BCUT2D eigenvalue weighted by Gasteiger charge is 2.07. The van der Waals surface area contributed by atoms with Gasteiger partial charge in [-0.3, -0.25) is 0 Å². The Hall–Kier alpha value is -1.94. The summed E-state index contributed by atoms with van der Waals surface area (Å²) in [5.41, 5.74) is 6.99. The van der Waals surface area contributed by atoms with Gasteiger partial charge < -0.3 is 11.1 Å². The number of aromatic nitrogens is 1. The Morgan fingerprint density at radius 1 is 1.18 bits per heavy atom. The van der Waals surface area contributed by atoms with Crippen LogP contribution in [0.25, 0.3) is 0 Å². The highest BCUT2D eigenvalue weighted by molar-refractivity contribution is 5.36. The maximum absolute atomic E-state index is 13.3. The number of nitrogens with one attached hydrogen (secondary N) is 1. The largest absolute Gasteiger partial charge is 0.366 e. The Bertz CT molecular complexity index is 473. The maximum Gasteiger partial charge on any atom is 0.165 e. The van der Waals surface area contributed by atoms with Gasteiger partial charge in [0.2, 0.25) is 0 Å². The number of halogens is 1. The third-order valence-electron chi connectivity index (χ3n) is 2.48. The summed E-state index contributed by atoms with van der Waals surface area (Å²) in [6.07, 6.45) is 1.54. The minimum atomic E-state index is -0.368. The van der Waals surface area contributed by atoms with E-state index >= 15 is 0 Å². The van der Waals surface area contributed by atoms with Crippen LogP contribution in [0.1, 0.15) is 11.6 Å². The van der Waals surface area contributed by atoms with Gasteiger partial charge in [-0.2, -0.15) is 0 Å². The Morgan fingerprint density at radius 3 is 2.65 bits per heavy atom. The first-order valence-electron chi connectivity index (χ1n) is 5.42. The molecule has 0 fully saturated rings. The standard InChI is InChI=1S/C13H14FN3/c14-11-7-4-8-16-13(11)17-9-12(15)10-5-2-1-3-6-10/h1-8,12H,9,15H2,(H,16,17). The summed E-state index contributed by atoms with van der Waals surface area (Å²) in [5.74, 6) is -0.133. The number of hydrogen-bond donors (Lipinski definition) is 2. The predicted octanol–water partition coefficient (Wildman–Crippen LogP) is 2.33. The van der Waals surface area contributed by atoms with Crippen LogP contribution < -0.4 is 11.1 Å². The second-order valence-corrected chi connectivity index (χ2v) is 3.73. The lowest BCUT2D eigenvalue weighted by atomic mass is 10.1. The van der Waals surface area contributed by atoms with Gasteiger partial charge in [0.15, 0.2) is 11.6 Å². The molecule has 0 radical (unpaired) electrons. The number of benzene rings is 1. The molecule has 1 atom stereocenters. The number of pyridine rings is 1. The molecule has 3 nitrogen and oxygen atoms in total. The van der Waals surface area contributed by atoms with Crippen molar-refractivity contribution in [2.45, 2.75) is 6.04 Å². The van der Waals surface area contributed by atoms with Crippen LogP contribution in [0.3, 0.4) is 0 Å². The fourth-order valence-corrected chi connectivity index (χ4v) is 1.54. The Labute approximate surface area is 99.5 Å². The van der Waals surface area contributed by atoms with Gasteiger partial charge in [-0.1, -0.05) is 30.3 Å². The molecule has 0 saturated heterocycles. The highest BCUT2D eigenvalue weighted by atomic mass is 19.1. The molecule has 1 heterocycles. The van der Waals surface area contributed by atoms with Gasteiger partial charge in [-0.15, -0.1) is 0 Å². The van der Waals surface area contributed by atoms with Crippen LogP contribution in [-0.2, 0) is 0 Å². The molecule has 4 heteroatoms. The zero-order valence-corrected chi connectivity index (χ0v) is 9.31. The number of nitrogens with two attached hydrogens (primary N) is 1. The first-order valence-corrected chi connectivity index (χ1v) is 5.42. The van der Waals surface area contributed by atoms with E-state index in [2.05, 4.69) is 10.3 Å². The smallest absolute Gasteiger partial charge is 0.165 e. The molecule has 0 spiro atoms. The van der Waals surface area contributed by atoms with Crippen molar-refractivity contribution in [3.63, 3.8) is 0 Å². The van der Waals surface area contributed by atoms with Gasteiger partial charge in [0.25, 0.3) is 0 Å². The van der Waals surface area contributed by atoms with E-state index in [9.17, 15) is 4.39 Å². The van der Waals surface area contributed by atoms with Crippen LogP contribution in [0.4, 0.5) is 10.2 Å². The number of nitrogens with zero attached hydrogens (tertiary/aromatic N) is 1. The first-order chi connectivity index (χ1) is 8.27. The lowest BCUT2D eigenvalue weighted by Crippen LogP contribution is -2.21. The summed E-state index contributed by atoms with van der Waals surface area (Å²) in [7, 11) is 0. The molecule has 0 aliphatic carbocycles. The summed E-state index contributed by atoms with van der Waals surface area (Å²) in [6, 6.07) is 12.4. The van der Waals surface area contributed by atoms with Gasteiger partial charge in [0.05, 0.1) is 0 Å². The van der Waals surface area contributed by atoms with E-state index in [1.54, 1.807) is 12.3 Å². The average molecular weight is 231 g/mol. The van der Waals surface area contributed by atoms with Gasteiger partial charge in [-0.05, 0) is 17.7 Å². The van der Waals surface area contributed by atoms with Crippen LogP contribution in [0.15, 0.2) is 48.7 Å². The van der Waals surface area contributed by atoms with E-state index in [0.717, 1.165) is 5.56 Å². The zero-order valence-electron chi connectivity index (χ0n) is 9.31. The Morgan fingerprint density at radius 2 is 1.94 bits per heavy atom. The topological polar surface area (TPSA) is 50.9 Å². The second-order valence-electron chi connectivity index (χ2n) is 3.73. The minimum absolute atomic E-state index is 0.183. The van der Waals surface area contributed by atoms with Crippen molar-refractivity contribution in [1.82, 2.24) is 4.98 Å². The fraction of sp³-hybridized carbons (Fsp3) is 0.154. The van der Waals surface area contributed by atoms with Crippen molar-refractivity contribution < 1.29 is 4.39 Å². The van der Waals surface area contributed by atoms with Crippen molar-refractivity contribution in [1.29, 1.82) is 0 Å². The van der Waals surface area contributed by atoms with Gasteiger partial charge in [0, 0.05) is 18.8 Å². The molecule has 0 amide bonds. The van der Waals surface area contributed by atoms with Crippen molar-refractivity contribution >= 4 is 5.82 Å². The van der Waals surface area contributed by atoms with Crippen LogP contribution >= 0.6 is 0 Å². The molecule has 2 rings (SSSR count). The quantitative estimate of drug-likeness (QED) is 0.849. The molecule has 0 aliphatic heterocycles. The zero-order chi connectivity index (χ0) is 12.1. The van der Waals surface area contributed by atoms with E-state index in [4.69, 9.17) is 5.73 Å². The molecule has 1 unspecified atom stereocenters. The molecular formula is C13H14FN3. The molecule has 88 valence electrons. The normalized spacial score (nSPS) is 12.1. The van der Waals surface area contributed by atoms with E-state index in [0.29, 0.717) is 6.54 Å². The monoisotopic (exact) mass is 231 g/mol. The highest BCUT2D eigenvalue weighted by Crippen LogP contribution is 2.12. The molecule has 1 aromatic heterocycles. The van der Waals surface area contributed by atoms with Crippen LogP contribution in [0, 0.1) is 5.82 Å². The number of rotatable bonds is 4. The number of anilines is 1. The van der Waals surface area contributed by atoms with Crippen LogP contribution in [0.2, 0.25) is 0 Å². The minimum Gasteiger partial charge on any atom is -0.366 e. The van der Waals surface area contributed by atoms with E-state index < -0.39 is 0 Å². The van der Waals surface area contributed by atoms with Crippen molar-refractivity contribution in [2.24, 2.45) is 5.73 Å². The third kappa shape index (κ3) is 3.01. The lowest BCUT2D eigenvalue weighted by molar-refractivity contribution is 0.622. The fourth-order valence-electron chi connectivity index (χ4n) is 1.54. The predicted molar refractivity (Wildman–Crippen MR) is 66.1 cm³/mol. The summed E-state index contributed by atoms with van der Waals surface area (Å²) >= 11 is 0. The van der Waals surface area contributed by atoms with Crippen LogP contribution in [0.5, 0.6) is 0 Å². The molecular weight excluding hydrogens is 217 g/mol. The molecule has 1 aromatic carbocycles. The van der Waals surface area contributed by atoms with E-state index in [1.807, 2.05) is 30.3 Å². The Kier molecular flexibility index (Phi) is 3.67. The summed E-state index contributed by atoms with van der Waals surface area (Å²) in [4.78, 5) is 3.90. The summed E-state index contributed by atoms with van der Waals surface area (Å²) in [5, 5.41) is 2.90. The first kappa shape index (κ1) is 11.5. The van der Waals surface area contributed by atoms with Gasteiger partial charge >= 0.3 is 0 Å². The van der Waals surface area contributed by atoms with Gasteiger partial charge in [-0.25, -0.2) is 9.37 Å². The molecule has 17 heavy (non-hydrogen) atoms. The molecule has 0 bridgehead atoms. The maximum atomic E-state index is 13.3. The Balaban J connectivity index is 1.97. The van der Waals surface area contributed by atoms with Gasteiger partial charge in [0.1, 0.15) is 0 Å². The molecule has 2 aromatic rings. The number of hydrogen-bond acceptors (Lipinski definition) is 3. The van der Waals surface area contributed by atoms with E-state index in [1.165, 1.54) is 6.07 Å². The lowest BCUT2D eigenvalue weighted by Gasteiger charge is -2.13. The molecule has 0 saturated carbocycles. The third-order valence-corrected chi connectivity index (χ3v) is 2.48. The SMILES string of the molecule is NC(CNc1ncccc1F)c1ccccc1. The average Bonchev–Trinajstić information content (AvgIpc) is 2.38. The van der Waals surface area contributed by atoms with Crippen LogP contribution in [-0.4, -0.2) is 11.5 Å². The van der Waals surface area contributed by atoms with Crippen molar-refractivity contribution in [2.75, 3.05) is 11.9 Å². The second kappa shape index (κ2) is 5.41. The summed E-state index contributed by atoms with van der Waals surface area (Å²) in [6.45, 7) is 0.442. The summed E-state index contributed by atoms with van der Waals surface area (Å²) < 4.78 is 13.3. The van der Waals surface area contributed by atoms with Crippen molar-refractivity contribution in [3.05, 3.63) is 60.0 Å². The molecule has 0 aliphatic rings.